The second-order valence-corrected chi connectivity index (χ2v) is 6.32. The highest BCUT2D eigenvalue weighted by atomic mass is 16.5. The Hall–Kier alpha value is -0.860. The molecule has 1 fully saturated rings. The van der Waals surface area contributed by atoms with Crippen molar-refractivity contribution in [3.8, 4) is 0 Å². The van der Waals surface area contributed by atoms with Crippen molar-refractivity contribution in [2.75, 3.05) is 13.2 Å². The molecule has 0 aliphatic carbocycles. The van der Waals surface area contributed by atoms with Gasteiger partial charge in [-0.2, -0.15) is 0 Å². The molecule has 1 saturated heterocycles. The zero-order chi connectivity index (χ0) is 14.4. The van der Waals surface area contributed by atoms with Crippen LogP contribution in [0.1, 0.15) is 57.2 Å². The molecule has 0 saturated carbocycles. The highest BCUT2D eigenvalue weighted by Crippen LogP contribution is 2.25. The number of hydrogen-bond donors (Lipinski definition) is 1. The van der Waals surface area contributed by atoms with Gasteiger partial charge in [0.1, 0.15) is 0 Å². The van der Waals surface area contributed by atoms with Gasteiger partial charge in [-0.1, -0.05) is 45.0 Å². The van der Waals surface area contributed by atoms with Crippen molar-refractivity contribution in [2.45, 2.75) is 58.6 Å². The Morgan fingerprint density at radius 1 is 1.25 bits per heavy atom. The summed E-state index contributed by atoms with van der Waals surface area (Å²) in [6.07, 6.45) is 5.13. The van der Waals surface area contributed by atoms with E-state index in [2.05, 4.69) is 50.4 Å². The number of ether oxygens (including phenoxy) is 1. The van der Waals surface area contributed by atoms with Gasteiger partial charge in [0, 0.05) is 12.6 Å². The standard InChI is InChI=1S/C18H29NO/c1-4-19-18(13-17-6-5-11-20-17)16-9-7-15(8-10-16)12-14(2)3/h7-10,14,17-19H,4-6,11-13H2,1-3H3. The van der Waals surface area contributed by atoms with Gasteiger partial charge >= 0.3 is 0 Å². The third kappa shape index (κ3) is 4.60. The fourth-order valence-electron chi connectivity index (χ4n) is 3.03. The van der Waals surface area contributed by atoms with Gasteiger partial charge in [-0.25, -0.2) is 0 Å². The SMILES string of the molecule is CCNC(CC1CCCO1)c1ccc(CC(C)C)cc1. The van der Waals surface area contributed by atoms with Gasteiger partial charge in [-0.15, -0.1) is 0 Å². The lowest BCUT2D eigenvalue weighted by atomic mass is 9.96. The largest absolute Gasteiger partial charge is 0.378 e. The molecule has 2 rings (SSSR count). The number of rotatable bonds is 7. The summed E-state index contributed by atoms with van der Waals surface area (Å²) in [5.74, 6) is 0.720. The minimum Gasteiger partial charge on any atom is -0.378 e. The van der Waals surface area contributed by atoms with Crippen LogP contribution in [0.3, 0.4) is 0 Å². The maximum atomic E-state index is 5.79. The molecular weight excluding hydrogens is 246 g/mol. The topological polar surface area (TPSA) is 21.3 Å². The van der Waals surface area contributed by atoms with Crippen molar-refractivity contribution >= 4 is 0 Å². The first-order valence-electron chi connectivity index (χ1n) is 8.13. The average molecular weight is 275 g/mol. The van der Waals surface area contributed by atoms with E-state index >= 15 is 0 Å². The van der Waals surface area contributed by atoms with Crippen LogP contribution in [-0.4, -0.2) is 19.3 Å². The van der Waals surface area contributed by atoms with Gasteiger partial charge in [-0.05, 0) is 49.3 Å². The van der Waals surface area contributed by atoms with E-state index in [1.165, 1.54) is 24.0 Å². The number of benzene rings is 1. The van der Waals surface area contributed by atoms with Crippen LogP contribution in [-0.2, 0) is 11.2 Å². The Balaban J connectivity index is 2.00. The van der Waals surface area contributed by atoms with E-state index in [9.17, 15) is 0 Å². The lowest BCUT2D eigenvalue weighted by Gasteiger charge is -2.22. The molecule has 0 radical (unpaired) electrons. The van der Waals surface area contributed by atoms with Gasteiger partial charge in [0.05, 0.1) is 6.10 Å². The Labute approximate surface area is 123 Å². The van der Waals surface area contributed by atoms with E-state index in [4.69, 9.17) is 4.74 Å². The molecule has 0 amide bonds. The van der Waals surface area contributed by atoms with Crippen LogP contribution in [0.25, 0.3) is 0 Å². The second kappa shape index (κ2) is 7.80. The summed E-state index contributed by atoms with van der Waals surface area (Å²) in [6.45, 7) is 8.66. The normalized spacial score (nSPS) is 20.5. The zero-order valence-corrected chi connectivity index (χ0v) is 13.2. The molecule has 0 aromatic heterocycles. The molecule has 0 bridgehead atoms. The van der Waals surface area contributed by atoms with Crippen LogP contribution in [0.15, 0.2) is 24.3 Å². The van der Waals surface area contributed by atoms with Crippen LogP contribution in [0.4, 0.5) is 0 Å². The van der Waals surface area contributed by atoms with Gasteiger partial charge < -0.3 is 10.1 Å². The van der Waals surface area contributed by atoms with Crippen molar-refractivity contribution < 1.29 is 4.74 Å². The summed E-state index contributed by atoms with van der Waals surface area (Å²) in [5.41, 5.74) is 2.84. The van der Waals surface area contributed by atoms with E-state index in [0.717, 1.165) is 31.9 Å². The van der Waals surface area contributed by atoms with Crippen LogP contribution in [0.5, 0.6) is 0 Å². The molecular formula is C18H29NO. The molecule has 112 valence electrons. The third-order valence-corrected chi connectivity index (χ3v) is 4.00. The van der Waals surface area contributed by atoms with Gasteiger partial charge in [0.2, 0.25) is 0 Å². The average Bonchev–Trinajstić information content (AvgIpc) is 2.91. The highest BCUT2D eigenvalue weighted by molar-refractivity contribution is 5.25. The van der Waals surface area contributed by atoms with Gasteiger partial charge in [0.25, 0.3) is 0 Å². The summed E-state index contributed by atoms with van der Waals surface area (Å²) in [7, 11) is 0. The first-order valence-corrected chi connectivity index (χ1v) is 8.13. The minimum atomic E-state index is 0.427. The lowest BCUT2D eigenvalue weighted by molar-refractivity contribution is 0.0947. The number of nitrogens with one attached hydrogen (secondary N) is 1. The third-order valence-electron chi connectivity index (χ3n) is 4.00. The molecule has 2 unspecified atom stereocenters. The maximum absolute atomic E-state index is 5.79. The van der Waals surface area contributed by atoms with E-state index < -0.39 is 0 Å². The van der Waals surface area contributed by atoms with Gasteiger partial charge in [0.15, 0.2) is 0 Å². The molecule has 1 aromatic rings. The first kappa shape index (κ1) is 15.5. The van der Waals surface area contributed by atoms with Crippen molar-refractivity contribution in [3.63, 3.8) is 0 Å². The summed E-state index contributed by atoms with van der Waals surface area (Å²) < 4.78 is 5.79. The van der Waals surface area contributed by atoms with Crippen LogP contribution in [0, 0.1) is 5.92 Å². The minimum absolute atomic E-state index is 0.427. The Morgan fingerprint density at radius 3 is 2.55 bits per heavy atom. The molecule has 1 aromatic carbocycles. The monoisotopic (exact) mass is 275 g/mol. The fraction of sp³-hybridized carbons (Fsp3) is 0.667. The zero-order valence-electron chi connectivity index (χ0n) is 13.2. The molecule has 2 nitrogen and oxygen atoms in total. The van der Waals surface area contributed by atoms with Crippen molar-refractivity contribution in [1.29, 1.82) is 0 Å². The lowest BCUT2D eigenvalue weighted by Crippen LogP contribution is -2.25. The molecule has 1 N–H and O–H groups in total. The smallest absolute Gasteiger partial charge is 0.0594 e. The van der Waals surface area contributed by atoms with E-state index in [1.54, 1.807) is 0 Å². The van der Waals surface area contributed by atoms with Crippen molar-refractivity contribution in [2.24, 2.45) is 5.92 Å². The molecule has 0 spiro atoms. The Morgan fingerprint density at radius 2 is 2.00 bits per heavy atom. The quantitative estimate of drug-likeness (QED) is 0.808. The summed E-state index contributed by atoms with van der Waals surface area (Å²) in [6, 6.07) is 9.58. The number of hydrogen-bond acceptors (Lipinski definition) is 2. The first-order chi connectivity index (χ1) is 9.69. The summed E-state index contributed by atoms with van der Waals surface area (Å²) >= 11 is 0. The molecule has 1 aliphatic rings. The van der Waals surface area contributed by atoms with Crippen LogP contribution >= 0.6 is 0 Å². The predicted molar refractivity (Wildman–Crippen MR) is 85.0 cm³/mol. The molecule has 2 heteroatoms. The highest BCUT2D eigenvalue weighted by Gasteiger charge is 2.21. The predicted octanol–water partition coefficient (Wildman–Crippen LogP) is 4.10. The molecule has 20 heavy (non-hydrogen) atoms. The van der Waals surface area contributed by atoms with E-state index in [-0.39, 0.29) is 0 Å². The van der Waals surface area contributed by atoms with E-state index in [0.29, 0.717) is 12.1 Å². The van der Waals surface area contributed by atoms with Crippen molar-refractivity contribution in [1.82, 2.24) is 5.32 Å². The maximum Gasteiger partial charge on any atom is 0.0594 e. The fourth-order valence-corrected chi connectivity index (χ4v) is 3.03. The summed E-state index contributed by atoms with van der Waals surface area (Å²) in [5, 5.41) is 3.61. The molecule has 2 atom stereocenters. The van der Waals surface area contributed by atoms with Crippen LogP contribution in [0.2, 0.25) is 0 Å². The van der Waals surface area contributed by atoms with Gasteiger partial charge in [-0.3, -0.25) is 0 Å². The Kier molecular flexibility index (Phi) is 6.06. The van der Waals surface area contributed by atoms with E-state index in [1.807, 2.05) is 0 Å². The van der Waals surface area contributed by atoms with Crippen LogP contribution < -0.4 is 5.32 Å². The molecule has 1 heterocycles. The summed E-state index contributed by atoms with van der Waals surface area (Å²) in [4.78, 5) is 0. The second-order valence-electron chi connectivity index (χ2n) is 6.32. The van der Waals surface area contributed by atoms with Crippen molar-refractivity contribution in [3.05, 3.63) is 35.4 Å². The Bertz CT molecular complexity index is 379. The molecule has 1 aliphatic heterocycles.